The van der Waals surface area contributed by atoms with Crippen molar-refractivity contribution >= 4 is 7.26 Å². The van der Waals surface area contributed by atoms with Crippen LogP contribution >= 0.6 is 7.26 Å². The van der Waals surface area contributed by atoms with Gasteiger partial charge in [-0.2, -0.15) is 0 Å². The summed E-state index contributed by atoms with van der Waals surface area (Å²) < 4.78 is 0. The second-order valence-electron chi connectivity index (χ2n) is 4.35. The molecule has 0 bridgehead atoms. The number of rotatable bonds is 0. The minimum absolute atomic E-state index is 0.632. The van der Waals surface area contributed by atoms with Crippen molar-refractivity contribution in [1.29, 1.82) is 0 Å². The minimum atomic E-state index is -0.632. The molecule has 1 heteroatoms. The van der Waals surface area contributed by atoms with Gasteiger partial charge in [-0.15, -0.1) is 0 Å². The van der Waals surface area contributed by atoms with E-state index < -0.39 is 7.26 Å². The molecule has 0 aromatic heterocycles. The third-order valence-corrected chi connectivity index (χ3v) is 5.91. The van der Waals surface area contributed by atoms with Gasteiger partial charge < -0.3 is 0 Å². The Bertz CT molecular complexity index is 86.7. The Morgan fingerprint density at radius 3 is 1.89 bits per heavy atom. The second kappa shape index (κ2) is 2.58. The maximum absolute atomic E-state index is 2.53. The van der Waals surface area contributed by atoms with E-state index >= 15 is 0 Å². The molecule has 0 aliphatic carbocycles. The van der Waals surface area contributed by atoms with Crippen LogP contribution in [0.4, 0.5) is 0 Å². The molecule has 0 radical (unpaired) electrons. The van der Waals surface area contributed by atoms with Gasteiger partial charge in [-0.1, -0.05) is 0 Å². The molecule has 9 heavy (non-hydrogen) atoms. The van der Waals surface area contributed by atoms with Crippen LogP contribution in [0.5, 0.6) is 0 Å². The van der Waals surface area contributed by atoms with Gasteiger partial charge in [-0.05, 0) is 0 Å². The molecule has 0 nitrogen and oxygen atoms in total. The van der Waals surface area contributed by atoms with Crippen LogP contribution in [0, 0.1) is 5.92 Å². The molecular formula is C8H19P. The molecule has 0 N–H and O–H groups in total. The summed E-state index contributed by atoms with van der Waals surface area (Å²) in [7, 11) is -0.632. The van der Waals surface area contributed by atoms with Gasteiger partial charge in [0.2, 0.25) is 0 Å². The maximum atomic E-state index is 2.53. The van der Waals surface area contributed by atoms with E-state index in [2.05, 4.69) is 20.3 Å². The Labute approximate surface area is 59.4 Å². The van der Waals surface area contributed by atoms with Gasteiger partial charge in [-0.3, -0.25) is 0 Å². The van der Waals surface area contributed by atoms with Crippen molar-refractivity contribution < 1.29 is 0 Å². The molecule has 0 aromatic carbocycles. The summed E-state index contributed by atoms with van der Waals surface area (Å²) in [4.78, 5) is 0. The SMILES string of the molecule is CC1CC[PH](C)(C)CC1. The van der Waals surface area contributed by atoms with E-state index in [1.807, 2.05) is 0 Å². The molecule has 1 rings (SSSR count). The first-order valence-electron chi connectivity index (χ1n) is 4.10. The Morgan fingerprint density at radius 1 is 1.11 bits per heavy atom. The Morgan fingerprint density at radius 2 is 1.56 bits per heavy atom. The van der Waals surface area contributed by atoms with Crippen molar-refractivity contribution in [2.24, 2.45) is 5.92 Å². The number of hydrogen-bond donors (Lipinski definition) is 0. The van der Waals surface area contributed by atoms with Crippen molar-refractivity contribution in [3.05, 3.63) is 0 Å². The summed E-state index contributed by atoms with van der Waals surface area (Å²) in [5.74, 6) is 1.03. The van der Waals surface area contributed by atoms with Gasteiger partial charge in [0, 0.05) is 0 Å². The summed E-state index contributed by atoms with van der Waals surface area (Å²) in [6.45, 7) is 7.45. The predicted molar refractivity (Wildman–Crippen MR) is 48.3 cm³/mol. The zero-order valence-corrected chi connectivity index (χ0v) is 7.91. The zero-order chi connectivity index (χ0) is 6.91. The molecule has 0 spiro atoms. The standard InChI is InChI=1S/C8H19P/c1-8-4-6-9(2,3)7-5-8/h8-9H,4-7H2,1-3H3. The summed E-state index contributed by atoms with van der Waals surface area (Å²) in [5, 5.41) is 0. The summed E-state index contributed by atoms with van der Waals surface area (Å²) >= 11 is 0. The van der Waals surface area contributed by atoms with E-state index in [-0.39, 0.29) is 0 Å². The first-order chi connectivity index (χ1) is 4.10. The molecule has 1 aliphatic heterocycles. The monoisotopic (exact) mass is 146 g/mol. The fourth-order valence-electron chi connectivity index (χ4n) is 1.54. The predicted octanol–water partition coefficient (Wildman–Crippen LogP) is 2.43. The average molecular weight is 146 g/mol. The van der Waals surface area contributed by atoms with Crippen molar-refractivity contribution in [2.75, 3.05) is 25.7 Å². The summed E-state index contributed by atoms with van der Waals surface area (Å²) in [6, 6.07) is 0. The van der Waals surface area contributed by atoms with Crippen LogP contribution in [0.3, 0.4) is 0 Å². The van der Waals surface area contributed by atoms with Crippen LogP contribution in [0.15, 0.2) is 0 Å². The van der Waals surface area contributed by atoms with E-state index in [1.165, 1.54) is 12.8 Å². The third kappa shape index (κ3) is 2.26. The molecule has 1 fully saturated rings. The van der Waals surface area contributed by atoms with Crippen LogP contribution in [0.25, 0.3) is 0 Å². The molecular weight excluding hydrogens is 127 g/mol. The number of hydrogen-bond acceptors (Lipinski definition) is 0. The van der Waals surface area contributed by atoms with Crippen LogP contribution in [-0.4, -0.2) is 25.7 Å². The van der Waals surface area contributed by atoms with E-state index in [9.17, 15) is 0 Å². The summed E-state index contributed by atoms with van der Waals surface area (Å²) in [5.41, 5.74) is 0. The molecule has 0 saturated carbocycles. The van der Waals surface area contributed by atoms with Gasteiger partial charge >= 0.3 is 58.6 Å². The molecule has 0 unspecified atom stereocenters. The average Bonchev–Trinajstić information content (AvgIpc) is 1.78. The van der Waals surface area contributed by atoms with Crippen molar-refractivity contribution in [3.63, 3.8) is 0 Å². The van der Waals surface area contributed by atoms with E-state index in [1.54, 1.807) is 12.3 Å². The van der Waals surface area contributed by atoms with Crippen LogP contribution < -0.4 is 0 Å². The van der Waals surface area contributed by atoms with Crippen molar-refractivity contribution in [1.82, 2.24) is 0 Å². The Hall–Kier alpha value is 0.430. The van der Waals surface area contributed by atoms with Crippen molar-refractivity contribution in [2.45, 2.75) is 19.8 Å². The van der Waals surface area contributed by atoms with Gasteiger partial charge in [0.25, 0.3) is 0 Å². The zero-order valence-electron chi connectivity index (χ0n) is 6.91. The third-order valence-electron chi connectivity index (χ3n) is 2.63. The molecule has 0 amide bonds. The van der Waals surface area contributed by atoms with E-state index in [0.29, 0.717) is 0 Å². The second-order valence-corrected chi connectivity index (χ2v) is 9.68. The van der Waals surface area contributed by atoms with Gasteiger partial charge in [0.1, 0.15) is 0 Å². The quantitative estimate of drug-likeness (QED) is 0.460. The molecule has 1 heterocycles. The molecule has 1 aliphatic rings. The Kier molecular flexibility index (Phi) is 2.16. The molecule has 0 atom stereocenters. The van der Waals surface area contributed by atoms with Crippen molar-refractivity contribution in [3.8, 4) is 0 Å². The topological polar surface area (TPSA) is 0 Å². The van der Waals surface area contributed by atoms with Crippen LogP contribution in [0.2, 0.25) is 0 Å². The first-order valence-corrected chi connectivity index (χ1v) is 7.52. The van der Waals surface area contributed by atoms with Crippen LogP contribution in [0.1, 0.15) is 19.8 Å². The molecule has 56 valence electrons. The fourth-order valence-corrected chi connectivity index (χ4v) is 4.34. The molecule has 1 saturated heterocycles. The van der Waals surface area contributed by atoms with Crippen LogP contribution in [-0.2, 0) is 0 Å². The van der Waals surface area contributed by atoms with E-state index in [0.717, 1.165) is 5.92 Å². The van der Waals surface area contributed by atoms with E-state index in [4.69, 9.17) is 0 Å². The molecule has 0 aromatic rings. The van der Waals surface area contributed by atoms with Gasteiger partial charge in [-0.25, -0.2) is 0 Å². The van der Waals surface area contributed by atoms with Gasteiger partial charge in [0.05, 0.1) is 0 Å². The Balaban J connectivity index is 2.35. The van der Waals surface area contributed by atoms with Gasteiger partial charge in [0.15, 0.2) is 0 Å². The first kappa shape index (κ1) is 7.54. The summed E-state index contributed by atoms with van der Waals surface area (Å²) in [6.07, 6.45) is 6.18. The normalized spacial score (nSPS) is 37.9. The fraction of sp³-hybridized carbons (Fsp3) is 1.00.